The Hall–Kier alpha value is -0.940. The van der Waals surface area contributed by atoms with Gasteiger partial charge in [-0.1, -0.05) is 31.0 Å². The Morgan fingerprint density at radius 2 is 2.00 bits per heavy atom. The monoisotopic (exact) mass is 231 g/mol. The molecule has 0 unspecified atom stereocenters. The van der Waals surface area contributed by atoms with Crippen molar-refractivity contribution < 1.29 is 0 Å². The Morgan fingerprint density at radius 3 is 2.75 bits per heavy atom. The normalized spacial score (nSPS) is 16.2. The van der Waals surface area contributed by atoms with Crippen molar-refractivity contribution in [3.63, 3.8) is 0 Å². The third kappa shape index (κ3) is 3.02. The standard InChI is InChI=1S/C14H17NS/c15-9-13-7-3-4-8-14(13)11-16-10-12-5-1-2-6-12/h3-4,7-8,12H,1-2,5-6,10-11H2. The zero-order valence-corrected chi connectivity index (χ0v) is 10.3. The van der Waals surface area contributed by atoms with Crippen LogP contribution < -0.4 is 0 Å². The van der Waals surface area contributed by atoms with Gasteiger partial charge in [-0.05, 0) is 36.1 Å². The van der Waals surface area contributed by atoms with Crippen molar-refractivity contribution in [1.29, 1.82) is 5.26 Å². The average Bonchev–Trinajstić information content (AvgIpc) is 2.83. The third-order valence-corrected chi connectivity index (χ3v) is 4.45. The maximum absolute atomic E-state index is 8.97. The lowest BCUT2D eigenvalue weighted by molar-refractivity contribution is 0.623. The Bertz CT molecular complexity index is 375. The van der Waals surface area contributed by atoms with Gasteiger partial charge in [0.1, 0.15) is 0 Å². The van der Waals surface area contributed by atoms with Crippen molar-refractivity contribution in [1.82, 2.24) is 0 Å². The molecule has 0 amide bonds. The topological polar surface area (TPSA) is 23.8 Å². The van der Waals surface area contributed by atoms with Crippen LogP contribution in [0.5, 0.6) is 0 Å². The molecule has 0 radical (unpaired) electrons. The van der Waals surface area contributed by atoms with E-state index in [0.717, 1.165) is 17.2 Å². The highest BCUT2D eigenvalue weighted by molar-refractivity contribution is 7.98. The van der Waals surface area contributed by atoms with Crippen molar-refractivity contribution >= 4 is 11.8 Å². The molecule has 1 aliphatic rings. The predicted octanol–water partition coefficient (Wildman–Crippen LogP) is 3.98. The molecule has 1 aromatic carbocycles. The van der Waals surface area contributed by atoms with E-state index in [2.05, 4.69) is 12.1 Å². The number of benzene rings is 1. The summed E-state index contributed by atoms with van der Waals surface area (Å²) in [6.07, 6.45) is 5.65. The fraction of sp³-hybridized carbons (Fsp3) is 0.500. The fourth-order valence-electron chi connectivity index (χ4n) is 2.27. The number of hydrogen-bond acceptors (Lipinski definition) is 2. The number of thioether (sulfide) groups is 1. The van der Waals surface area contributed by atoms with E-state index in [4.69, 9.17) is 5.26 Å². The van der Waals surface area contributed by atoms with E-state index in [9.17, 15) is 0 Å². The fourth-order valence-corrected chi connectivity index (χ4v) is 3.52. The van der Waals surface area contributed by atoms with E-state index in [-0.39, 0.29) is 0 Å². The van der Waals surface area contributed by atoms with Crippen LogP contribution in [0.3, 0.4) is 0 Å². The smallest absolute Gasteiger partial charge is 0.0994 e. The highest BCUT2D eigenvalue weighted by Gasteiger charge is 2.14. The molecular formula is C14H17NS. The van der Waals surface area contributed by atoms with Crippen LogP contribution >= 0.6 is 11.8 Å². The number of rotatable bonds is 4. The average molecular weight is 231 g/mol. The molecule has 1 nitrogen and oxygen atoms in total. The van der Waals surface area contributed by atoms with Crippen molar-refractivity contribution in [2.24, 2.45) is 5.92 Å². The van der Waals surface area contributed by atoms with Gasteiger partial charge < -0.3 is 0 Å². The second kappa shape index (κ2) is 5.96. The van der Waals surface area contributed by atoms with Gasteiger partial charge in [0.05, 0.1) is 11.6 Å². The molecule has 2 rings (SSSR count). The summed E-state index contributed by atoms with van der Waals surface area (Å²) < 4.78 is 0. The van der Waals surface area contributed by atoms with Gasteiger partial charge in [-0.3, -0.25) is 0 Å². The number of hydrogen-bond donors (Lipinski definition) is 0. The molecule has 0 heterocycles. The maximum Gasteiger partial charge on any atom is 0.0994 e. The largest absolute Gasteiger partial charge is 0.192 e. The molecule has 84 valence electrons. The molecule has 16 heavy (non-hydrogen) atoms. The minimum Gasteiger partial charge on any atom is -0.192 e. The van der Waals surface area contributed by atoms with E-state index in [1.54, 1.807) is 0 Å². The SMILES string of the molecule is N#Cc1ccccc1CSCC1CCCC1. The maximum atomic E-state index is 8.97. The molecule has 0 atom stereocenters. The van der Waals surface area contributed by atoms with Crippen LogP contribution in [0, 0.1) is 17.2 Å². The lowest BCUT2D eigenvalue weighted by Crippen LogP contribution is -1.97. The summed E-state index contributed by atoms with van der Waals surface area (Å²) >= 11 is 1.98. The van der Waals surface area contributed by atoms with Gasteiger partial charge in [-0.15, -0.1) is 0 Å². The van der Waals surface area contributed by atoms with E-state index >= 15 is 0 Å². The first-order valence-electron chi connectivity index (χ1n) is 5.96. The van der Waals surface area contributed by atoms with Gasteiger partial charge in [-0.25, -0.2) is 0 Å². The van der Waals surface area contributed by atoms with Gasteiger partial charge in [0.2, 0.25) is 0 Å². The van der Waals surface area contributed by atoms with Crippen molar-refractivity contribution in [3.8, 4) is 6.07 Å². The second-order valence-corrected chi connectivity index (χ2v) is 5.46. The first-order chi connectivity index (χ1) is 7.90. The van der Waals surface area contributed by atoms with Crippen LogP contribution in [0.25, 0.3) is 0 Å². The van der Waals surface area contributed by atoms with Crippen LogP contribution in [0.4, 0.5) is 0 Å². The van der Waals surface area contributed by atoms with Crippen LogP contribution in [-0.2, 0) is 5.75 Å². The minimum atomic E-state index is 0.835. The van der Waals surface area contributed by atoms with Gasteiger partial charge >= 0.3 is 0 Å². The van der Waals surface area contributed by atoms with E-state index in [1.807, 2.05) is 30.0 Å². The lowest BCUT2D eigenvalue weighted by atomic mass is 10.1. The molecule has 1 saturated carbocycles. The highest BCUT2D eigenvalue weighted by Crippen LogP contribution is 2.29. The summed E-state index contributed by atoms with van der Waals surface area (Å²) in [7, 11) is 0. The van der Waals surface area contributed by atoms with Crippen molar-refractivity contribution in [2.75, 3.05) is 5.75 Å². The molecule has 1 fully saturated rings. The van der Waals surface area contributed by atoms with Gasteiger partial charge in [0.15, 0.2) is 0 Å². The van der Waals surface area contributed by atoms with E-state index < -0.39 is 0 Å². The summed E-state index contributed by atoms with van der Waals surface area (Å²) in [5, 5.41) is 8.97. The van der Waals surface area contributed by atoms with Gasteiger partial charge in [-0.2, -0.15) is 17.0 Å². The summed E-state index contributed by atoms with van der Waals surface area (Å²) in [5.74, 6) is 3.18. The van der Waals surface area contributed by atoms with Crippen molar-refractivity contribution in [3.05, 3.63) is 35.4 Å². The molecule has 0 saturated heterocycles. The third-order valence-electron chi connectivity index (χ3n) is 3.22. The van der Waals surface area contributed by atoms with Crippen LogP contribution in [0.15, 0.2) is 24.3 Å². The molecule has 0 N–H and O–H groups in total. The predicted molar refractivity (Wildman–Crippen MR) is 69.3 cm³/mol. The Balaban J connectivity index is 1.82. The molecule has 1 aliphatic carbocycles. The molecular weight excluding hydrogens is 214 g/mol. The van der Waals surface area contributed by atoms with Gasteiger partial charge in [0.25, 0.3) is 0 Å². The molecule has 0 aromatic heterocycles. The molecule has 1 aromatic rings. The van der Waals surface area contributed by atoms with Crippen LogP contribution in [-0.4, -0.2) is 5.75 Å². The lowest BCUT2D eigenvalue weighted by Gasteiger charge is -2.08. The number of nitrogens with zero attached hydrogens (tertiary/aromatic N) is 1. The molecule has 0 bridgehead atoms. The van der Waals surface area contributed by atoms with Crippen LogP contribution in [0.1, 0.15) is 36.8 Å². The first-order valence-corrected chi connectivity index (χ1v) is 7.11. The Morgan fingerprint density at radius 1 is 1.25 bits per heavy atom. The highest BCUT2D eigenvalue weighted by atomic mass is 32.2. The number of nitriles is 1. The molecule has 0 aliphatic heterocycles. The van der Waals surface area contributed by atoms with Crippen molar-refractivity contribution in [2.45, 2.75) is 31.4 Å². The van der Waals surface area contributed by atoms with E-state index in [0.29, 0.717) is 0 Å². The zero-order chi connectivity index (χ0) is 11.2. The van der Waals surface area contributed by atoms with Crippen LogP contribution in [0.2, 0.25) is 0 Å². The summed E-state index contributed by atoms with van der Waals surface area (Å²) in [5.41, 5.74) is 2.02. The Kier molecular flexibility index (Phi) is 4.30. The minimum absolute atomic E-state index is 0.835. The summed E-state index contributed by atoms with van der Waals surface area (Å²) in [4.78, 5) is 0. The second-order valence-electron chi connectivity index (χ2n) is 4.43. The van der Waals surface area contributed by atoms with E-state index in [1.165, 1.54) is 37.0 Å². The first kappa shape index (κ1) is 11.5. The Labute approximate surface area is 102 Å². The zero-order valence-electron chi connectivity index (χ0n) is 9.48. The van der Waals surface area contributed by atoms with Gasteiger partial charge in [0, 0.05) is 5.75 Å². The summed E-state index contributed by atoms with van der Waals surface area (Å²) in [6, 6.07) is 10.2. The summed E-state index contributed by atoms with van der Waals surface area (Å²) in [6.45, 7) is 0. The quantitative estimate of drug-likeness (QED) is 0.782. The molecule has 2 heteroatoms. The molecule has 0 spiro atoms.